The van der Waals surface area contributed by atoms with E-state index in [4.69, 9.17) is 9.47 Å². The molecule has 0 bridgehead atoms. The second kappa shape index (κ2) is 4.17. The van der Waals surface area contributed by atoms with Crippen molar-refractivity contribution >= 4 is 0 Å². The zero-order valence-corrected chi connectivity index (χ0v) is 8.68. The molecule has 2 heteroatoms. The van der Waals surface area contributed by atoms with E-state index in [2.05, 4.69) is 13.8 Å². The highest BCUT2D eigenvalue weighted by Crippen LogP contribution is 2.27. The first-order valence-corrected chi connectivity index (χ1v) is 4.47. The van der Waals surface area contributed by atoms with E-state index in [0.29, 0.717) is 6.61 Å². The Bertz CT molecular complexity index is 292. The van der Waals surface area contributed by atoms with E-state index < -0.39 is 0 Å². The summed E-state index contributed by atoms with van der Waals surface area (Å²) in [4.78, 5) is 0. The number of ether oxygens (including phenoxy) is 2. The van der Waals surface area contributed by atoms with Gasteiger partial charge in [0.25, 0.3) is 0 Å². The van der Waals surface area contributed by atoms with Crippen LogP contribution in [-0.4, -0.2) is 13.7 Å². The van der Waals surface area contributed by atoms with Crippen LogP contribution in [-0.2, 0) is 0 Å². The van der Waals surface area contributed by atoms with E-state index in [0.717, 1.165) is 11.5 Å². The lowest BCUT2D eigenvalue weighted by Crippen LogP contribution is -1.96. The summed E-state index contributed by atoms with van der Waals surface area (Å²) >= 11 is 0. The molecule has 0 fully saturated rings. The Kier molecular flexibility index (Phi) is 3.18. The molecule has 0 heterocycles. The SMILES string of the molecule is CCOc1cc(OC)cc(C)c1C. The van der Waals surface area contributed by atoms with E-state index >= 15 is 0 Å². The molecule has 0 unspecified atom stereocenters. The summed E-state index contributed by atoms with van der Waals surface area (Å²) in [7, 11) is 1.67. The van der Waals surface area contributed by atoms with Gasteiger partial charge in [0.15, 0.2) is 0 Å². The van der Waals surface area contributed by atoms with Gasteiger partial charge < -0.3 is 9.47 Å². The predicted octanol–water partition coefficient (Wildman–Crippen LogP) is 2.71. The van der Waals surface area contributed by atoms with Crippen LogP contribution in [0.3, 0.4) is 0 Å². The van der Waals surface area contributed by atoms with Gasteiger partial charge in [-0.2, -0.15) is 0 Å². The van der Waals surface area contributed by atoms with Crippen molar-refractivity contribution in [3.05, 3.63) is 23.3 Å². The van der Waals surface area contributed by atoms with Gasteiger partial charge in [-0.1, -0.05) is 0 Å². The predicted molar refractivity (Wildman–Crippen MR) is 53.6 cm³/mol. The zero-order valence-electron chi connectivity index (χ0n) is 8.68. The second-order valence-electron chi connectivity index (χ2n) is 3.00. The molecule has 0 aromatic heterocycles. The number of aryl methyl sites for hydroxylation is 1. The molecule has 0 aliphatic rings. The van der Waals surface area contributed by atoms with Crippen LogP contribution in [0.25, 0.3) is 0 Å². The third-order valence-corrected chi connectivity index (χ3v) is 2.13. The number of methoxy groups -OCH3 is 1. The molecule has 13 heavy (non-hydrogen) atoms. The largest absolute Gasteiger partial charge is 0.497 e. The van der Waals surface area contributed by atoms with Crippen molar-refractivity contribution in [3.63, 3.8) is 0 Å². The Morgan fingerprint density at radius 2 is 1.92 bits per heavy atom. The topological polar surface area (TPSA) is 18.5 Å². The average molecular weight is 180 g/mol. The summed E-state index contributed by atoms with van der Waals surface area (Å²) in [5.41, 5.74) is 2.38. The molecule has 0 atom stereocenters. The molecule has 2 nitrogen and oxygen atoms in total. The van der Waals surface area contributed by atoms with E-state index in [9.17, 15) is 0 Å². The molecular weight excluding hydrogens is 164 g/mol. The standard InChI is InChI=1S/C11H16O2/c1-5-13-11-7-10(12-4)6-8(2)9(11)3/h6-7H,5H2,1-4H3. The van der Waals surface area contributed by atoms with Crippen LogP contribution >= 0.6 is 0 Å². The molecule has 0 aliphatic heterocycles. The lowest BCUT2D eigenvalue weighted by Gasteiger charge is -2.11. The summed E-state index contributed by atoms with van der Waals surface area (Å²) in [6.45, 7) is 6.78. The highest BCUT2D eigenvalue weighted by Gasteiger charge is 2.04. The van der Waals surface area contributed by atoms with E-state index in [1.807, 2.05) is 19.1 Å². The minimum atomic E-state index is 0.688. The smallest absolute Gasteiger partial charge is 0.126 e. The van der Waals surface area contributed by atoms with Gasteiger partial charge in [-0.05, 0) is 38.0 Å². The Morgan fingerprint density at radius 1 is 1.23 bits per heavy atom. The third-order valence-electron chi connectivity index (χ3n) is 2.13. The normalized spacial score (nSPS) is 9.85. The molecule has 0 spiro atoms. The molecule has 0 N–H and O–H groups in total. The van der Waals surface area contributed by atoms with Crippen molar-refractivity contribution in [2.24, 2.45) is 0 Å². The number of benzene rings is 1. The van der Waals surface area contributed by atoms with Crippen molar-refractivity contribution < 1.29 is 9.47 Å². The third kappa shape index (κ3) is 2.14. The fraction of sp³-hybridized carbons (Fsp3) is 0.455. The van der Waals surface area contributed by atoms with Crippen LogP contribution in [0.4, 0.5) is 0 Å². The van der Waals surface area contributed by atoms with Crippen LogP contribution in [0, 0.1) is 13.8 Å². The van der Waals surface area contributed by atoms with Crippen LogP contribution < -0.4 is 9.47 Å². The fourth-order valence-corrected chi connectivity index (χ4v) is 1.22. The Balaban J connectivity index is 3.09. The van der Waals surface area contributed by atoms with Gasteiger partial charge in [-0.3, -0.25) is 0 Å². The van der Waals surface area contributed by atoms with Crippen LogP contribution in [0.15, 0.2) is 12.1 Å². The lowest BCUT2D eigenvalue weighted by molar-refractivity contribution is 0.333. The van der Waals surface area contributed by atoms with Crippen molar-refractivity contribution in [2.45, 2.75) is 20.8 Å². The number of hydrogen-bond donors (Lipinski definition) is 0. The van der Waals surface area contributed by atoms with Gasteiger partial charge in [0.05, 0.1) is 13.7 Å². The van der Waals surface area contributed by atoms with Crippen LogP contribution in [0.2, 0.25) is 0 Å². The Morgan fingerprint density at radius 3 is 2.46 bits per heavy atom. The summed E-state index contributed by atoms with van der Waals surface area (Å²) < 4.78 is 10.6. The molecule has 0 saturated carbocycles. The van der Waals surface area contributed by atoms with Gasteiger partial charge in [0, 0.05) is 6.07 Å². The highest BCUT2D eigenvalue weighted by molar-refractivity contribution is 5.45. The van der Waals surface area contributed by atoms with Crippen molar-refractivity contribution in [3.8, 4) is 11.5 Å². The van der Waals surface area contributed by atoms with Gasteiger partial charge in [0.1, 0.15) is 11.5 Å². The quantitative estimate of drug-likeness (QED) is 0.712. The molecule has 1 rings (SSSR count). The minimum absolute atomic E-state index is 0.688. The molecule has 0 saturated heterocycles. The van der Waals surface area contributed by atoms with Crippen LogP contribution in [0.5, 0.6) is 11.5 Å². The Labute approximate surface area is 79.5 Å². The Hall–Kier alpha value is -1.18. The molecule has 0 aliphatic carbocycles. The molecular formula is C11H16O2. The van der Waals surface area contributed by atoms with Gasteiger partial charge in [0.2, 0.25) is 0 Å². The van der Waals surface area contributed by atoms with Crippen LogP contribution in [0.1, 0.15) is 18.1 Å². The van der Waals surface area contributed by atoms with Gasteiger partial charge in [-0.25, -0.2) is 0 Å². The van der Waals surface area contributed by atoms with Crippen molar-refractivity contribution in [1.29, 1.82) is 0 Å². The van der Waals surface area contributed by atoms with Gasteiger partial charge in [-0.15, -0.1) is 0 Å². The molecule has 0 radical (unpaired) electrons. The zero-order chi connectivity index (χ0) is 9.84. The maximum atomic E-state index is 5.48. The average Bonchev–Trinajstić information content (AvgIpc) is 2.13. The molecule has 1 aromatic carbocycles. The van der Waals surface area contributed by atoms with E-state index in [1.54, 1.807) is 7.11 Å². The fourth-order valence-electron chi connectivity index (χ4n) is 1.22. The molecule has 1 aromatic rings. The summed E-state index contributed by atoms with van der Waals surface area (Å²) in [6, 6.07) is 3.93. The summed E-state index contributed by atoms with van der Waals surface area (Å²) in [5, 5.41) is 0. The van der Waals surface area contributed by atoms with E-state index in [1.165, 1.54) is 11.1 Å². The second-order valence-corrected chi connectivity index (χ2v) is 3.00. The lowest BCUT2D eigenvalue weighted by atomic mass is 10.1. The molecule has 0 amide bonds. The van der Waals surface area contributed by atoms with E-state index in [-0.39, 0.29) is 0 Å². The summed E-state index contributed by atoms with van der Waals surface area (Å²) in [6.07, 6.45) is 0. The van der Waals surface area contributed by atoms with Crippen molar-refractivity contribution in [1.82, 2.24) is 0 Å². The first-order valence-electron chi connectivity index (χ1n) is 4.47. The number of rotatable bonds is 3. The maximum Gasteiger partial charge on any atom is 0.126 e. The monoisotopic (exact) mass is 180 g/mol. The van der Waals surface area contributed by atoms with Crippen molar-refractivity contribution in [2.75, 3.05) is 13.7 Å². The number of hydrogen-bond acceptors (Lipinski definition) is 2. The minimum Gasteiger partial charge on any atom is -0.497 e. The van der Waals surface area contributed by atoms with Gasteiger partial charge >= 0.3 is 0 Å². The first kappa shape index (κ1) is 9.90. The first-order chi connectivity index (χ1) is 6.19. The molecule has 72 valence electrons. The highest BCUT2D eigenvalue weighted by atomic mass is 16.5. The maximum absolute atomic E-state index is 5.48. The summed E-state index contributed by atoms with van der Waals surface area (Å²) in [5.74, 6) is 1.77.